The van der Waals surface area contributed by atoms with E-state index < -0.39 is 0 Å². The Hall–Kier alpha value is -0.670. The highest BCUT2D eigenvalue weighted by atomic mass is 32.1. The highest BCUT2D eigenvalue weighted by Gasteiger charge is 1.92. The summed E-state index contributed by atoms with van der Waals surface area (Å²) in [6, 6.07) is 0. The van der Waals surface area contributed by atoms with Crippen molar-refractivity contribution in [2.24, 2.45) is 0 Å². The van der Waals surface area contributed by atoms with Crippen molar-refractivity contribution >= 4 is 17.4 Å². The van der Waals surface area contributed by atoms with Crippen LogP contribution >= 0.6 is 11.3 Å². The van der Waals surface area contributed by atoms with Crippen LogP contribution in [-0.4, -0.2) is 16.2 Å². The van der Waals surface area contributed by atoms with Gasteiger partial charge in [-0.05, 0) is 19.9 Å². The zero-order valence-corrected chi connectivity index (χ0v) is 7.43. The van der Waals surface area contributed by atoms with Crippen molar-refractivity contribution in [1.82, 2.24) is 4.98 Å². The molecular weight excluding hydrogens is 158 g/mol. The van der Waals surface area contributed by atoms with E-state index in [1.807, 2.05) is 13.0 Å². The molecule has 1 aromatic rings. The zero-order chi connectivity index (χ0) is 8.27. The van der Waals surface area contributed by atoms with Crippen LogP contribution < -0.4 is 0 Å². The molecule has 0 aliphatic heterocycles. The predicted molar refractivity (Wildman–Crippen MR) is 47.6 cm³/mol. The molecule has 0 aliphatic carbocycles. The second-order valence-electron chi connectivity index (χ2n) is 2.38. The largest absolute Gasteiger partial charge is 0.389 e. The molecule has 1 unspecified atom stereocenters. The molecule has 11 heavy (non-hydrogen) atoms. The number of aryl methyl sites for hydroxylation is 1. The molecule has 60 valence electrons. The predicted octanol–water partition coefficient (Wildman–Crippen LogP) is 1.85. The standard InChI is InChI=1S/C8H11NOS/c1-6(10)3-4-8-5-9-7(2)11-8/h3-6,10H,1-2H3/b4-3+. The summed E-state index contributed by atoms with van der Waals surface area (Å²) >= 11 is 1.62. The molecule has 2 nitrogen and oxygen atoms in total. The van der Waals surface area contributed by atoms with Crippen molar-refractivity contribution in [3.8, 4) is 0 Å². The summed E-state index contributed by atoms with van der Waals surface area (Å²) in [5.41, 5.74) is 0. The minimum Gasteiger partial charge on any atom is -0.389 e. The van der Waals surface area contributed by atoms with Gasteiger partial charge in [-0.3, -0.25) is 0 Å². The first-order valence-electron chi connectivity index (χ1n) is 3.47. The molecule has 1 aromatic heterocycles. The molecule has 0 radical (unpaired) electrons. The molecule has 1 atom stereocenters. The van der Waals surface area contributed by atoms with Gasteiger partial charge in [0, 0.05) is 11.1 Å². The second-order valence-corrected chi connectivity index (χ2v) is 3.65. The molecule has 0 amide bonds. The van der Waals surface area contributed by atoms with E-state index in [-0.39, 0.29) is 6.10 Å². The highest BCUT2D eigenvalue weighted by molar-refractivity contribution is 7.12. The monoisotopic (exact) mass is 169 g/mol. The molecule has 1 heterocycles. The van der Waals surface area contributed by atoms with E-state index in [4.69, 9.17) is 5.11 Å². The smallest absolute Gasteiger partial charge is 0.0900 e. The molecule has 0 saturated carbocycles. The lowest BCUT2D eigenvalue weighted by Gasteiger charge is -1.90. The van der Waals surface area contributed by atoms with Crippen LogP contribution in [0.5, 0.6) is 0 Å². The highest BCUT2D eigenvalue weighted by Crippen LogP contribution is 2.13. The first-order chi connectivity index (χ1) is 5.18. The van der Waals surface area contributed by atoms with Gasteiger partial charge in [-0.1, -0.05) is 6.08 Å². The average molecular weight is 169 g/mol. The summed E-state index contributed by atoms with van der Waals surface area (Å²) in [5, 5.41) is 9.97. The fraction of sp³-hybridized carbons (Fsp3) is 0.375. The fourth-order valence-corrected chi connectivity index (χ4v) is 1.39. The molecule has 0 fully saturated rings. The third-order valence-corrected chi connectivity index (χ3v) is 2.06. The second kappa shape index (κ2) is 3.64. The van der Waals surface area contributed by atoms with Gasteiger partial charge in [0.2, 0.25) is 0 Å². The molecule has 3 heteroatoms. The third kappa shape index (κ3) is 2.82. The molecule has 0 saturated heterocycles. The van der Waals surface area contributed by atoms with Crippen LogP contribution in [0.15, 0.2) is 12.3 Å². The third-order valence-electron chi connectivity index (χ3n) is 1.18. The van der Waals surface area contributed by atoms with Crippen LogP contribution in [0.3, 0.4) is 0 Å². The van der Waals surface area contributed by atoms with Crippen LogP contribution in [0, 0.1) is 6.92 Å². The van der Waals surface area contributed by atoms with Gasteiger partial charge < -0.3 is 5.11 Å². The number of hydrogen-bond acceptors (Lipinski definition) is 3. The summed E-state index contributed by atoms with van der Waals surface area (Å²) in [6.45, 7) is 3.69. The van der Waals surface area contributed by atoms with Crippen LogP contribution in [0.1, 0.15) is 16.8 Å². The Balaban J connectivity index is 2.64. The van der Waals surface area contributed by atoms with E-state index in [9.17, 15) is 0 Å². The summed E-state index contributed by atoms with van der Waals surface area (Å²) in [7, 11) is 0. The maximum atomic E-state index is 8.92. The Labute approximate surface area is 70.2 Å². The molecule has 0 aliphatic rings. The SMILES string of the molecule is Cc1ncc(/C=C/C(C)O)s1. The van der Waals surface area contributed by atoms with E-state index in [0.29, 0.717) is 0 Å². The van der Waals surface area contributed by atoms with Gasteiger partial charge in [0.25, 0.3) is 0 Å². The Bertz CT molecular complexity index is 252. The molecule has 1 N–H and O–H groups in total. The number of aromatic nitrogens is 1. The Kier molecular flexibility index (Phi) is 2.79. The van der Waals surface area contributed by atoms with Gasteiger partial charge in [-0.25, -0.2) is 4.98 Å². The van der Waals surface area contributed by atoms with Gasteiger partial charge in [0.1, 0.15) is 0 Å². The number of nitrogens with zero attached hydrogens (tertiary/aromatic N) is 1. The topological polar surface area (TPSA) is 33.1 Å². The first kappa shape index (κ1) is 8.43. The Morgan fingerprint density at radius 3 is 2.91 bits per heavy atom. The molecule has 0 bridgehead atoms. The van der Waals surface area contributed by atoms with Crippen molar-refractivity contribution in [1.29, 1.82) is 0 Å². The Morgan fingerprint density at radius 1 is 1.73 bits per heavy atom. The van der Waals surface area contributed by atoms with Gasteiger partial charge >= 0.3 is 0 Å². The molecule has 0 aromatic carbocycles. The fourth-order valence-electron chi connectivity index (χ4n) is 0.689. The number of thiazole rings is 1. The summed E-state index contributed by atoms with van der Waals surface area (Å²) in [6.07, 6.45) is 5.05. The van der Waals surface area contributed by atoms with Gasteiger partial charge in [-0.2, -0.15) is 0 Å². The minimum absolute atomic E-state index is 0.377. The number of aliphatic hydroxyl groups excluding tert-OH is 1. The average Bonchev–Trinajstić information content (AvgIpc) is 2.31. The lowest BCUT2D eigenvalue weighted by molar-refractivity contribution is 0.245. The van der Waals surface area contributed by atoms with Crippen molar-refractivity contribution in [2.45, 2.75) is 20.0 Å². The van der Waals surface area contributed by atoms with Crippen LogP contribution in [0.25, 0.3) is 6.08 Å². The van der Waals surface area contributed by atoms with Crippen LogP contribution in [0.2, 0.25) is 0 Å². The van der Waals surface area contributed by atoms with E-state index in [1.165, 1.54) is 0 Å². The van der Waals surface area contributed by atoms with E-state index in [1.54, 1.807) is 30.5 Å². The summed E-state index contributed by atoms with van der Waals surface area (Å²) in [5.74, 6) is 0. The zero-order valence-electron chi connectivity index (χ0n) is 6.61. The summed E-state index contributed by atoms with van der Waals surface area (Å²) in [4.78, 5) is 5.17. The number of hydrogen-bond donors (Lipinski definition) is 1. The van der Waals surface area contributed by atoms with Gasteiger partial charge in [0.05, 0.1) is 11.1 Å². The lowest BCUT2D eigenvalue weighted by atomic mass is 10.3. The van der Waals surface area contributed by atoms with Crippen molar-refractivity contribution in [2.75, 3.05) is 0 Å². The molecular formula is C8H11NOS. The van der Waals surface area contributed by atoms with Crippen LogP contribution in [0.4, 0.5) is 0 Å². The van der Waals surface area contributed by atoms with Crippen molar-refractivity contribution < 1.29 is 5.11 Å². The Morgan fingerprint density at radius 2 is 2.45 bits per heavy atom. The maximum Gasteiger partial charge on any atom is 0.0900 e. The lowest BCUT2D eigenvalue weighted by Crippen LogP contribution is -1.90. The molecule has 1 rings (SSSR count). The van der Waals surface area contributed by atoms with Crippen molar-refractivity contribution in [3.05, 3.63) is 22.2 Å². The summed E-state index contributed by atoms with van der Waals surface area (Å²) < 4.78 is 0. The van der Waals surface area contributed by atoms with Gasteiger partial charge in [0.15, 0.2) is 0 Å². The van der Waals surface area contributed by atoms with E-state index in [0.717, 1.165) is 9.88 Å². The quantitative estimate of drug-likeness (QED) is 0.733. The maximum absolute atomic E-state index is 8.92. The first-order valence-corrected chi connectivity index (χ1v) is 4.29. The van der Waals surface area contributed by atoms with E-state index >= 15 is 0 Å². The van der Waals surface area contributed by atoms with Gasteiger partial charge in [-0.15, -0.1) is 11.3 Å². The normalized spacial score (nSPS) is 14.1. The number of rotatable bonds is 2. The van der Waals surface area contributed by atoms with Crippen molar-refractivity contribution in [3.63, 3.8) is 0 Å². The molecule has 0 spiro atoms. The van der Waals surface area contributed by atoms with Crippen LogP contribution in [-0.2, 0) is 0 Å². The number of aliphatic hydroxyl groups is 1. The minimum atomic E-state index is -0.377. The van der Waals surface area contributed by atoms with E-state index in [2.05, 4.69) is 4.98 Å².